The van der Waals surface area contributed by atoms with Crippen LogP contribution in [-0.4, -0.2) is 54.1 Å². The van der Waals surface area contributed by atoms with Crippen molar-refractivity contribution in [2.24, 2.45) is 5.73 Å². The van der Waals surface area contributed by atoms with E-state index in [4.69, 9.17) is 5.73 Å². The predicted molar refractivity (Wildman–Crippen MR) is 92.9 cm³/mol. The summed E-state index contributed by atoms with van der Waals surface area (Å²) < 4.78 is 0. The van der Waals surface area contributed by atoms with E-state index in [0.29, 0.717) is 19.0 Å². The first-order valence-electron chi connectivity index (χ1n) is 7.12. The number of anilines is 2. The second-order valence-corrected chi connectivity index (χ2v) is 4.81. The molecule has 0 radical (unpaired) electrons. The van der Waals surface area contributed by atoms with Gasteiger partial charge in [-0.1, -0.05) is 6.42 Å². The molecule has 1 aliphatic heterocycles. The third-order valence-electron chi connectivity index (χ3n) is 3.27. The molecule has 0 amide bonds. The lowest BCUT2D eigenvalue weighted by atomic mass is 10.1. The Morgan fingerprint density at radius 3 is 2.57 bits per heavy atom. The van der Waals surface area contributed by atoms with E-state index in [1.165, 1.54) is 32.4 Å². The molecule has 0 aromatic carbocycles. The van der Waals surface area contributed by atoms with E-state index in [1.807, 2.05) is 6.07 Å². The summed E-state index contributed by atoms with van der Waals surface area (Å²) in [6, 6.07) is 1.89. The molecule has 21 heavy (non-hydrogen) atoms. The van der Waals surface area contributed by atoms with E-state index in [9.17, 15) is 0 Å². The van der Waals surface area contributed by atoms with Gasteiger partial charge in [-0.3, -0.25) is 0 Å². The second kappa shape index (κ2) is 11.8. The van der Waals surface area contributed by atoms with E-state index in [2.05, 4.69) is 25.5 Å². The maximum Gasteiger partial charge on any atom is 0.224 e. The highest BCUT2D eigenvalue weighted by molar-refractivity contribution is 5.85. The molecule has 0 atom stereocenters. The van der Waals surface area contributed by atoms with Crippen LogP contribution in [0.2, 0.25) is 0 Å². The van der Waals surface area contributed by atoms with Crippen molar-refractivity contribution in [3.8, 4) is 0 Å². The van der Waals surface area contributed by atoms with Gasteiger partial charge in [-0.05, 0) is 32.0 Å². The summed E-state index contributed by atoms with van der Waals surface area (Å²) in [7, 11) is 0. The lowest BCUT2D eigenvalue weighted by Gasteiger charge is -2.26. The van der Waals surface area contributed by atoms with Gasteiger partial charge in [0.1, 0.15) is 5.82 Å². The average molecular weight is 337 g/mol. The quantitative estimate of drug-likeness (QED) is 0.701. The van der Waals surface area contributed by atoms with Gasteiger partial charge in [-0.25, -0.2) is 4.98 Å². The van der Waals surface area contributed by atoms with Gasteiger partial charge in [0.05, 0.1) is 0 Å². The van der Waals surface area contributed by atoms with E-state index >= 15 is 0 Å². The molecule has 0 saturated carbocycles. The van der Waals surface area contributed by atoms with Crippen molar-refractivity contribution >= 4 is 36.6 Å². The highest BCUT2D eigenvalue weighted by Gasteiger charge is 2.09. The van der Waals surface area contributed by atoms with Gasteiger partial charge in [0.2, 0.25) is 5.95 Å². The molecule has 1 saturated heterocycles. The first-order valence-corrected chi connectivity index (χ1v) is 7.12. The van der Waals surface area contributed by atoms with Gasteiger partial charge in [0.25, 0.3) is 0 Å². The minimum absolute atomic E-state index is 0. The molecule has 6 nitrogen and oxygen atoms in total. The average Bonchev–Trinajstić information content (AvgIpc) is 2.47. The number of likely N-dealkylation sites (tertiary alicyclic amines) is 1. The van der Waals surface area contributed by atoms with Crippen LogP contribution in [0.15, 0.2) is 12.3 Å². The van der Waals surface area contributed by atoms with Gasteiger partial charge >= 0.3 is 0 Å². The monoisotopic (exact) mass is 336 g/mol. The molecule has 1 aliphatic rings. The molecule has 8 heteroatoms. The van der Waals surface area contributed by atoms with Gasteiger partial charge in [-0.2, -0.15) is 4.98 Å². The molecular formula is C13H26Cl2N6. The molecule has 0 bridgehead atoms. The van der Waals surface area contributed by atoms with E-state index in [1.54, 1.807) is 6.20 Å². The lowest BCUT2D eigenvalue weighted by Crippen LogP contribution is -2.33. The fourth-order valence-electron chi connectivity index (χ4n) is 2.25. The zero-order valence-electron chi connectivity index (χ0n) is 12.3. The van der Waals surface area contributed by atoms with Crippen molar-refractivity contribution in [1.82, 2.24) is 14.9 Å². The Bertz CT molecular complexity index is 373. The normalized spacial score (nSPS) is 14.7. The van der Waals surface area contributed by atoms with Crippen LogP contribution in [0.25, 0.3) is 0 Å². The van der Waals surface area contributed by atoms with Crippen LogP contribution in [0.3, 0.4) is 0 Å². The number of halogens is 2. The van der Waals surface area contributed by atoms with E-state index < -0.39 is 0 Å². The van der Waals surface area contributed by atoms with Crippen molar-refractivity contribution in [2.75, 3.05) is 49.9 Å². The predicted octanol–water partition coefficient (Wildman–Crippen LogP) is 1.59. The highest BCUT2D eigenvalue weighted by atomic mass is 35.5. The number of piperidine rings is 1. The Morgan fingerprint density at radius 2 is 1.86 bits per heavy atom. The molecule has 1 fully saturated rings. The van der Waals surface area contributed by atoms with E-state index in [0.717, 1.165) is 18.9 Å². The number of hydrogen-bond acceptors (Lipinski definition) is 6. The Hall–Kier alpha value is -0.820. The minimum Gasteiger partial charge on any atom is -0.369 e. The Morgan fingerprint density at radius 1 is 1.10 bits per heavy atom. The zero-order valence-corrected chi connectivity index (χ0v) is 13.9. The third-order valence-corrected chi connectivity index (χ3v) is 3.27. The van der Waals surface area contributed by atoms with Crippen molar-refractivity contribution in [3.05, 3.63) is 12.3 Å². The van der Waals surface area contributed by atoms with Crippen molar-refractivity contribution in [1.29, 1.82) is 0 Å². The van der Waals surface area contributed by atoms with Crippen LogP contribution in [-0.2, 0) is 0 Å². The molecule has 2 heterocycles. The van der Waals surface area contributed by atoms with Crippen LogP contribution in [0.1, 0.15) is 19.3 Å². The molecule has 122 valence electrons. The lowest BCUT2D eigenvalue weighted by molar-refractivity contribution is 0.237. The number of rotatable bonds is 7. The van der Waals surface area contributed by atoms with Crippen LogP contribution in [0, 0.1) is 0 Å². The Kier molecular flexibility index (Phi) is 11.3. The topological polar surface area (TPSA) is 79.1 Å². The molecule has 1 aromatic heterocycles. The number of aromatic nitrogens is 2. The fraction of sp³-hybridized carbons (Fsp3) is 0.692. The first kappa shape index (κ1) is 20.2. The zero-order chi connectivity index (χ0) is 13.3. The standard InChI is InChI=1S/C13H24N6.2ClH/c14-5-7-17-13-16-6-4-12(18-13)15-8-11-19-9-2-1-3-10-19;;/h4,6H,1-3,5,7-11,14H2,(H2,15,16,17,18);2*1H. The number of nitrogens with one attached hydrogen (secondary N) is 2. The van der Waals surface area contributed by atoms with Crippen LogP contribution in [0.5, 0.6) is 0 Å². The van der Waals surface area contributed by atoms with Crippen LogP contribution >= 0.6 is 24.8 Å². The van der Waals surface area contributed by atoms with Crippen molar-refractivity contribution in [3.63, 3.8) is 0 Å². The molecule has 2 rings (SSSR count). The smallest absolute Gasteiger partial charge is 0.224 e. The summed E-state index contributed by atoms with van der Waals surface area (Å²) in [6.07, 6.45) is 5.81. The molecule has 0 spiro atoms. The summed E-state index contributed by atoms with van der Waals surface area (Å²) in [6.45, 7) is 5.74. The summed E-state index contributed by atoms with van der Waals surface area (Å²) in [5, 5.41) is 6.42. The van der Waals surface area contributed by atoms with Gasteiger partial charge < -0.3 is 21.3 Å². The molecule has 0 unspecified atom stereocenters. The maximum atomic E-state index is 5.44. The molecule has 4 N–H and O–H groups in total. The molecular weight excluding hydrogens is 311 g/mol. The third kappa shape index (κ3) is 7.66. The largest absolute Gasteiger partial charge is 0.369 e. The second-order valence-electron chi connectivity index (χ2n) is 4.81. The summed E-state index contributed by atoms with van der Waals surface area (Å²) >= 11 is 0. The van der Waals surface area contributed by atoms with Gasteiger partial charge in [-0.15, -0.1) is 24.8 Å². The van der Waals surface area contributed by atoms with Gasteiger partial charge in [0.15, 0.2) is 0 Å². The summed E-state index contributed by atoms with van der Waals surface area (Å²) in [5.74, 6) is 1.50. The number of hydrogen-bond donors (Lipinski definition) is 3. The minimum atomic E-state index is 0. The number of nitrogens with zero attached hydrogens (tertiary/aromatic N) is 3. The Labute approximate surface area is 139 Å². The van der Waals surface area contributed by atoms with Crippen LogP contribution < -0.4 is 16.4 Å². The van der Waals surface area contributed by atoms with Crippen molar-refractivity contribution < 1.29 is 0 Å². The van der Waals surface area contributed by atoms with E-state index in [-0.39, 0.29) is 24.8 Å². The summed E-state index contributed by atoms with van der Waals surface area (Å²) in [4.78, 5) is 11.0. The highest BCUT2D eigenvalue weighted by Crippen LogP contribution is 2.08. The molecule has 0 aliphatic carbocycles. The fourth-order valence-corrected chi connectivity index (χ4v) is 2.25. The van der Waals surface area contributed by atoms with Gasteiger partial charge in [0, 0.05) is 32.4 Å². The van der Waals surface area contributed by atoms with Crippen molar-refractivity contribution in [2.45, 2.75) is 19.3 Å². The molecule has 1 aromatic rings. The van der Waals surface area contributed by atoms with Crippen LogP contribution in [0.4, 0.5) is 11.8 Å². The summed E-state index contributed by atoms with van der Waals surface area (Å²) in [5.41, 5.74) is 5.44. The maximum absolute atomic E-state index is 5.44. The number of nitrogens with two attached hydrogens (primary N) is 1. The first-order chi connectivity index (χ1) is 9.38. The SMILES string of the molecule is Cl.Cl.NCCNc1nccc(NCCN2CCCCC2)n1. The Balaban J connectivity index is 0.00000200.